The van der Waals surface area contributed by atoms with Crippen LogP contribution in [0, 0.1) is 11.8 Å². The van der Waals surface area contributed by atoms with Gasteiger partial charge < -0.3 is 5.32 Å². The minimum atomic E-state index is 0.475. The van der Waals surface area contributed by atoms with Crippen LogP contribution in [0.25, 0.3) is 0 Å². The maximum Gasteiger partial charge on any atom is 0.132 e. The molecule has 98 valence electrons. The molecule has 2 nitrogen and oxygen atoms in total. The third-order valence-electron chi connectivity index (χ3n) is 4.55. The normalized spacial score (nSPS) is 24.1. The van der Waals surface area contributed by atoms with E-state index in [2.05, 4.69) is 5.32 Å². The van der Waals surface area contributed by atoms with Gasteiger partial charge in [-0.1, -0.05) is 32.1 Å². The lowest BCUT2D eigenvalue weighted by atomic mass is 9.86. The highest BCUT2D eigenvalue weighted by molar-refractivity contribution is 5.79. The monoisotopic (exact) mass is 237 g/mol. The second kappa shape index (κ2) is 7.15. The zero-order valence-electron chi connectivity index (χ0n) is 11.0. The van der Waals surface area contributed by atoms with E-state index in [4.69, 9.17) is 0 Å². The molecule has 2 rings (SSSR count). The highest BCUT2D eigenvalue weighted by Gasteiger charge is 2.18. The van der Waals surface area contributed by atoms with Gasteiger partial charge in [-0.15, -0.1) is 0 Å². The second-order valence-electron chi connectivity index (χ2n) is 5.98. The summed E-state index contributed by atoms with van der Waals surface area (Å²) in [4.78, 5) is 11.1. The average molecular weight is 237 g/mol. The quantitative estimate of drug-likeness (QED) is 0.743. The summed E-state index contributed by atoms with van der Waals surface area (Å²) in [5, 5.41) is 3.61. The van der Waals surface area contributed by atoms with Crippen LogP contribution in [-0.2, 0) is 4.79 Å². The van der Waals surface area contributed by atoms with Crippen molar-refractivity contribution in [3.63, 3.8) is 0 Å². The van der Waals surface area contributed by atoms with Crippen LogP contribution < -0.4 is 5.32 Å². The molecule has 0 spiro atoms. The van der Waals surface area contributed by atoms with Crippen molar-refractivity contribution in [1.29, 1.82) is 0 Å². The summed E-state index contributed by atoms with van der Waals surface area (Å²) < 4.78 is 0. The summed E-state index contributed by atoms with van der Waals surface area (Å²) in [6, 6.07) is 0. The smallest absolute Gasteiger partial charge is 0.132 e. The van der Waals surface area contributed by atoms with E-state index in [1.807, 2.05) is 0 Å². The minimum absolute atomic E-state index is 0.475. The van der Waals surface area contributed by atoms with Crippen molar-refractivity contribution in [1.82, 2.24) is 5.32 Å². The summed E-state index contributed by atoms with van der Waals surface area (Å²) in [6.45, 7) is 2.33. The van der Waals surface area contributed by atoms with E-state index in [1.54, 1.807) is 0 Å². The molecule has 17 heavy (non-hydrogen) atoms. The molecule has 0 saturated heterocycles. The largest absolute Gasteiger partial charge is 0.316 e. The first-order valence-corrected chi connectivity index (χ1v) is 7.57. The lowest BCUT2D eigenvalue weighted by Crippen LogP contribution is -2.28. The molecular formula is C15H27NO. The Bertz CT molecular complexity index is 223. The predicted molar refractivity (Wildman–Crippen MR) is 71.0 cm³/mol. The summed E-state index contributed by atoms with van der Waals surface area (Å²) in [7, 11) is 0. The van der Waals surface area contributed by atoms with Crippen molar-refractivity contribution in [3.05, 3.63) is 0 Å². The van der Waals surface area contributed by atoms with Gasteiger partial charge in [0.15, 0.2) is 0 Å². The maximum absolute atomic E-state index is 11.1. The van der Waals surface area contributed by atoms with Crippen molar-refractivity contribution in [3.8, 4) is 0 Å². The molecule has 0 aromatic rings. The Morgan fingerprint density at radius 2 is 1.65 bits per heavy atom. The van der Waals surface area contributed by atoms with Gasteiger partial charge in [-0.2, -0.15) is 0 Å². The number of nitrogens with one attached hydrogen (secondary N) is 1. The molecule has 2 fully saturated rings. The first kappa shape index (κ1) is 13.1. The summed E-state index contributed by atoms with van der Waals surface area (Å²) in [5.74, 6) is 2.23. The Morgan fingerprint density at radius 3 is 2.35 bits per heavy atom. The van der Waals surface area contributed by atoms with Crippen molar-refractivity contribution in [2.24, 2.45) is 11.8 Å². The molecule has 0 atom stereocenters. The number of carbonyl (C=O) groups is 1. The average Bonchev–Trinajstić information content (AvgIpc) is 2.38. The Hall–Kier alpha value is -0.370. The summed E-state index contributed by atoms with van der Waals surface area (Å²) in [5.41, 5.74) is 0. The van der Waals surface area contributed by atoms with Gasteiger partial charge in [0.1, 0.15) is 5.78 Å². The third-order valence-corrected chi connectivity index (χ3v) is 4.55. The molecule has 2 aliphatic rings. The minimum Gasteiger partial charge on any atom is -0.316 e. The maximum atomic E-state index is 11.1. The van der Waals surface area contributed by atoms with Crippen LogP contribution in [0.2, 0.25) is 0 Å². The molecule has 0 unspecified atom stereocenters. The predicted octanol–water partition coefficient (Wildman–Crippen LogP) is 3.31. The van der Waals surface area contributed by atoms with Gasteiger partial charge in [-0.3, -0.25) is 4.79 Å². The zero-order valence-corrected chi connectivity index (χ0v) is 11.0. The van der Waals surface area contributed by atoms with Crippen molar-refractivity contribution < 1.29 is 4.79 Å². The van der Waals surface area contributed by atoms with Crippen LogP contribution in [-0.4, -0.2) is 18.9 Å². The standard InChI is InChI=1S/C15H27NO/c17-15-8-6-14(7-9-15)12-16-11-10-13-4-2-1-3-5-13/h13-14,16H,1-12H2. The van der Waals surface area contributed by atoms with Gasteiger partial charge in [-0.25, -0.2) is 0 Å². The molecule has 0 aliphatic heterocycles. The second-order valence-corrected chi connectivity index (χ2v) is 5.98. The van der Waals surface area contributed by atoms with Crippen LogP contribution in [0.5, 0.6) is 0 Å². The van der Waals surface area contributed by atoms with Crippen LogP contribution in [0.15, 0.2) is 0 Å². The molecule has 0 bridgehead atoms. The molecule has 0 radical (unpaired) electrons. The molecule has 2 saturated carbocycles. The van der Waals surface area contributed by atoms with Gasteiger partial charge in [0.05, 0.1) is 0 Å². The lowest BCUT2D eigenvalue weighted by molar-refractivity contribution is -0.120. The van der Waals surface area contributed by atoms with E-state index in [9.17, 15) is 4.79 Å². The van der Waals surface area contributed by atoms with Gasteiger partial charge in [0, 0.05) is 12.8 Å². The van der Waals surface area contributed by atoms with E-state index in [0.29, 0.717) is 5.78 Å². The van der Waals surface area contributed by atoms with E-state index in [-0.39, 0.29) is 0 Å². The lowest BCUT2D eigenvalue weighted by Gasteiger charge is -2.23. The fourth-order valence-electron chi connectivity index (χ4n) is 3.29. The highest BCUT2D eigenvalue weighted by atomic mass is 16.1. The van der Waals surface area contributed by atoms with Crippen LogP contribution in [0.1, 0.15) is 64.2 Å². The first-order valence-electron chi connectivity index (χ1n) is 7.57. The summed E-state index contributed by atoms with van der Waals surface area (Å²) >= 11 is 0. The highest BCUT2D eigenvalue weighted by Crippen LogP contribution is 2.26. The molecular weight excluding hydrogens is 210 g/mol. The Morgan fingerprint density at radius 1 is 0.941 bits per heavy atom. The number of hydrogen-bond acceptors (Lipinski definition) is 2. The molecule has 0 aromatic heterocycles. The van der Waals surface area contributed by atoms with Crippen molar-refractivity contribution in [2.75, 3.05) is 13.1 Å². The van der Waals surface area contributed by atoms with Crippen LogP contribution >= 0.6 is 0 Å². The fourth-order valence-corrected chi connectivity index (χ4v) is 3.29. The van der Waals surface area contributed by atoms with Crippen molar-refractivity contribution >= 4 is 5.78 Å². The SMILES string of the molecule is O=C1CCC(CNCCC2CCCCC2)CC1. The molecule has 0 heterocycles. The van der Waals surface area contributed by atoms with E-state index in [0.717, 1.165) is 44.1 Å². The topological polar surface area (TPSA) is 29.1 Å². The molecule has 2 aliphatic carbocycles. The number of Topliss-reactive ketones (excluding diaryl/α,β-unsaturated/α-hetero) is 1. The molecule has 0 amide bonds. The Balaban J connectivity index is 1.49. The van der Waals surface area contributed by atoms with E-state index < -0.39 is 0 Å². The number of hydrogen-bond donors (Lipinski definition) is 1. The molecule has 0 aromatic carbocycles. The van der Waals surface area contributed by atoms with Crippen LogP contribution in [0.3, 0.4) is 0 Å². The number of ketones is 1. The first-order chi connectivity index (χ1) is 8.34. The van der Waals surface area contributed by atoms with Gasteiger partial charge >= 0.3 is 0 Å². The Labute approximate surface area is 106 Å². The fraction of sp³-hybridized carbons (Fsp3) is 0.933. The zero-order chi connectivity index (χ0) is 11.9. The Kier molecular flexibility index (Phi) is 5.50. The molecule has 1 N–H and O–H groups in total. The van der Waals surface area contributed by atoms with Gasteiger partial charge in [-0.05, 0) is 44.2 Å². The van der Waals surface area contributed by atoms with Crippen molar-refractivity contribution in [2.45, 2.75) is 64.2 Å². The number of carbonyl (C=O) groups excluding carboxylic acids is 1. The number of rotatable bonds is 5. The molecule has 2 heteroatoms. The van der Waals surface area contributed by atoms with Gasteiger partial charge in [0.25, 0.3) is 0 Å². The van der Waals surface area contributed by atoms with E-state index >= 15 is 0 Å². The van der Waals surface area contributed by atoms with Crippen LogP contribution in [0.4, 0.5) is 0 Å². The third kappa shape index (κ3) is 4.79. The van der Waals surface area contributed by atoms with E-state index in [1.165, 1.54) is 45.1 Å². The summed E-state index contributed by atoms with van der Waals surface area (Å²) in [6.07, 6.45) is 12.5. The van der Waals surface area contributed by atoms with Gasteiger partial charge in [0.2, 0.25) is 0 Å².